The van der Waals surface area contributed by atoms with Gasteiger partial charge in [-0.05, 0) is 71.0 Å². The number of hydrogen-bond donors (Lipinski definition) is 8. The zero-order valence-electron chi connectivity index (χ0n) is 16.8. The van der Waals surface area contributed by atoms with Crippen LogP contribution in [-0.4, -0.2) is 66.1 Å². The van der Waals surface area contributed by atoms with Crippen molar-refractivity contribution in [2.45, 2.75) is 82.2 Å². The first-order chi connectivity index (χ1) is 13.4. The fourth-order valence-corrected chi connectivity index (χ4v) is 2.77. The Morgan fingerprint density at radius 2 is 1.21 bits per heavy atom. The van der Waals surface area contributed by atoms with Crippen LogP contribution in [0.3, 0.4) is 0 Å². The van der Waals surface area contributed by atoms with Crippen LogP contribution in [0.5, 0.6) is 0 Å². The average Bonchev–Trinajstić information content (AvgIpc) is 2.66. The third kappa shape index (κ3) is 12.2. The summed E-state index contributed by atoms with van der Waals surface area (Å²) < 4.78 is 0. The van der Waals surface area contributed by atoms with E-state index in [-0.39, 0.29) is 0 Å². The average molecular weight is 405 g/mol. The number of unbranched alkanes of at least 4 members (excludes halogenated alkanes) is 3. The minimum Gasteiger partial charge on any atom is -0.366 e. The fraction of sp³-hybridized carbons (Fsp3) is 0.889. The molecule has 0 rings (SSSR count). The fourth-order valence-electron chi connectivity index (χ4n) is 2.77. The highest BCUT2D eigenvalue weighted by Gasteiger charge is 2.27. The van der Waals surface area contributed by atoms with E-state index in [0.29, 0.717) is 64.6 Å². The monoisotopic (exact) mass is 404 g/mol. The Morgan fingerprint density at radius 1 is 0.714 bits per heavy atom. The second-order valence-electron chi connectivity index (χ2n) is 7.05. The molecule has 0 radical (unpaired) electrons. The van der Waals surface area contributed by atoms with Gasteiger partial charge in [0, 0.05) is 0 Å². The molecular weight excluding hydrogens is 364 g/mol. The van der Waals surface area contributed by atoms with Gasteiger partial charge in [-0.2, -0.15) is 0 Å². The van der Waals surface area contributed by atoms with E-state index in [0.717, 1.165) is 12.8 Å². The quantitative estimate of drug-likeness (QED) is 0.100. The molecule has 0 aromatic rings. The van der Waals surface area contributed by atoms with Gasteiger partial charge in [0.05, 0.1) is 12.1 Å². The molecule has 166 valence electrons. The second-order valence-corrected chi connectivity index (χ2v) is 7.05. The van der Waals surface area contributed by atoms with Crippen LogP contribution in [0, 0.1) is 0 Å². The summed E-state index contributed by atoms with van der Waals surface area (Å²) in [6.45, 7) is 1.51. The molecule has 0 aromatic heterocycles. The van der Waals surface area contributed by atoms with Gasteiger partial charge in [0.25, 0.3) is 0 Å². The van der Waals surface area contributed by atoms with Gasteiger partial charge in [0.1, 0.15) is 6.04 Å². The molecule has 2 amide bonds. The number of carbonyl (C=O) groups is 2. The maximum Gasteiger partial charge on any atom is 0.242 e. The summed E-state index contributed by atoms with van der Waals surface area (Å²) in [5.41, 5.74) is 22.3. The summed E-state index contributed by atoms with van der Waals surface area (Å²) >= 11 is 0. The molecule has 12 N–H and O–H groups in total. The molecule has 0 saturated heterocycles. The van der Waals surface area contributed by atoms with E-state index >= 15 is 0 Å². The first-order valence-corrected chi connectivity index (χ1v) is 10.2. The Bertz CT molecular complexity index is 425. The molecule has 10 heteroatoms. The van der Waals surface area contributed by atoms with Crippen molar-refractivity contribution in [2.24, 2.45) is 22.9 Å². The topological polar surface area (TPSA) is 203 Å². The summed E-state index contributed by atoms with van der Waals surface area (Å²) in [5, 5.41) is 24.3. The van der Waals surface area contributed by atoms with E-state index in [9.17, 15) is 19.8 Å². The van der Waals surface area contributed by atoms with E-state index < -0.39 is 36.2 Å². The molecule has 10 nitrogen and oxygen atoms in total. The molecule has 28 heavy (non-hydrogen) atoms. The molecule has 0 heterocycles. The van der Waals surface area contributed by atoms with Gasteiger partial charge >= 0.3 is 0 Å². The van der Waals surface area contributed by atoms with Gasteiger partial charge in [-0.25, -0.2) is 0 Å². The van der Waals surface area contributed by atoms with E-state index in [1.54, 1.807) is 0 Å². The molecule has 0 fully saturated rings. The molecule has 3 unspecified atom stereocenters. The summed E-state index contributed by atoms with van der Waals surface area (Å²) in [5.74, 6) is -0.875. The van der Waals surface area contributed by atoms with Crippen molar-refractivity contribution in [3.8, 4) is 0 Å². The van der Waals surface area contributed by atoms with Crippen LogP contribution in [-0.2, 0) is 9.59 Å². The minimum absolute atomic E-state index is 0.378. The van der Waals surface area contributed by atoms with Crippen LogP contribution < -0.4 is 33.6 Å². The molecular formula is C18H40N6O4. The number of aliphatic hydroxyl groups excluding tert-OH is 1. The first kappa shape index (κ1) is 26.7. The predicted molar refractivity (Wildman–Crippen MR) is 109 cm³/mol. The lowest BCUT2D eigenvalue weighted by Crippen LogP contribution is -2.55. The Balaban J connectivity index is 4.84. The van der Waals surface area contributed by atoms with E-state index in [4.69, 9.17) is 22.9 Å². The van der Waals surface area contributed by atoms with Gasteiger partial charge in [-0.1, -0.05) is 6.42 Å². The van der Waals surface area contributed by atoms with Crippen LogP contribution in [0.1, 0.15) is 57.8 Å². The SMILES string of the molecule is NCCCCC(N)C(=O)NC(CCCCN)C(=O)NC(CCCCN)C(O)O. The molecule has 0 aliphatic rings. The Hall–Kier alpha value is -1.30. The van der Waals surface area contributed by atoms with Gasteiger partial charge < -0.3 is 43.8 Å². The van der Waals surface area contributed by atoms with E-state index in [2.05, 4.69) is 10.6 Å². The highest BCUT2D eigenvalue weighted by molar-refractivity contribution is 5.89. The summed E-state index contributed by atoms with van der Waals surface area (Å²) in [7, 11) is 0. The number of hydrogen-bond acceptors (Lipinski definition) is 8. The lowest BCUT2D eigenvalue weighted by Gasteiger charge is -2.25. The third-order valence-electron chi connectivity index (χ3n) is 4.54. The lowest BCUT2D eigenvalue weighted by atomic mass is 10.0. The maximum atomic E-state index is 12.6. The van der Waals surface area contributed by atoms with Crippen molar-refractivity contribution in [3.05, 3.63) is 0 Å². The van der Waals surface area contributed by atoms with E-state index in [1.165, 1.54) is 0 Å². The molecule has 3 atom stereocenters. The highest BCUT2D eigenvalue weighted by atomic mass is 16.5. The van der Waals surface area contributed by atoms with Crippen LogP contribution in [0.15, 0.2) is 0 Å². The number of nitrogens with two attached hydrogens (primary N) is 4. The van der Waals surface area contributed by atoms with Crippen LogP contribution in [0.25, 0.3) is 0 Å². The standard InChI is InChI=1S/C18H40N6O4/c19-10-4-1-7-13(22)16(25)23-14(8-2-5-11-20)17(26)24-15(18(27)28)9-3-6-12-21/h13-15,18,27-28H,1-12,19-22H2,(H,23,25)(H,24,26). The largest absolute Gasteiger partial charge is 0.366 e. The normalized spacial score (nSPS) is 14.5. The molecule has 0 aliphatic carbocycles. The lowest BCUT2D eigenvalue weighted by molar-refractivity contribution is -0.133. The van der Waals surface area contributed by atoms with Gasteiger partial charge in [-0.15, -0.1) is 0 Å². The van der Waals surface area contributed by atoms with Gasteiger partial charge in [0.2, 0.25) is 11.8 Å². The summed E-state index contributed by atoms with van der Waals surface area (Å²) in [6, 6.07) is -2.36. The Kier molecular flexibility index (Phi) is 15.9. The van der Waals surface area contributed by atoms with Crippen LogP contribution >= 0.6 is 0 Å². The number of amides is 2. The van der Waals surface area contributed by atoms with Gasteiger partial charge in [0.15, 0.2) is 6.29 Å². The second kappa shape index (κ2) is 16.6. The highest BCUT2D eigenvalue weighted by Crippen LogP contribution is 2.07. The zero-order valence-corrected chi connectivity index (χ0v) is 16.8. The molecule has 0 aliphatic heterocycles. The summed E-state index contributed by atoms with van der Waals surface area (Å²) in [4.78, 5) is 25.0. The molecule has 0 spiro atoms. The van der Waals surface area contributed by atoms with Crippen molar-refractivity contribution in [2.75, 3.05) is 19.6 Å². The van der Waals surface area contributed by atoms with Crippen molar-refractivity contribution in [1.29, 1.82) is 0 Å². The number of nitrogens with one attached hydrogen (secondary N) is 2. The smallest absolute Gasteiger partial charge is 0.242 e. The van der Waals surface area contributed by atoms with Crippen molar-refractivity contribution in [1.82, 2.24) is 10.6 Å². The van der Waals surface area contributed by atoms with E-state index in [1.807, 2.05) is 0 Å². The predicted octanol–water partition coefficient (Wildman–Crippen LogP) is -2.02. The van der Waals surface area contributed by atoms with Gasteiger partial charge in [-0.3, -0.25) is 9.59 Å². The van der Waals surface area contributed by atoms with Crippen LogP contribution in [0.4, 0.5) is 0 Å². The Labute approximate surface area is 167 Å². The minimum atomic E-state index is -1.69. The number of aliphatic hydroxyl groups is 2. The first-order valence-electron chi connectivity index (χ1n) is 10.2. The molecule has 0 saturated carbocycles. The maximum absolute atomic E-state index is 12.6. The van der Waals surface area contributed by atoms with Crippen LogP contribution in [0.2, 0.25) is 0 Å². The Morgan fingerprint density at radius 3 is 1.71 bits per heavy atom. The van der Waals surface area contributed by atoms with Crippen molar-refractivity contribution >= 4 is 11.8 Å². The molecule has 0 aromatic carbocycles. The molecule has 0 bridgehead atoms. The van der Waals surface area contributed by atoms with Crippen molar-refractivity contribution in [3.63, 3.8) is 0 Å². The number of rotatable bonds is 17. The zero-order chi connectivity index (χ0) is 21.4. The van der Waals surface area contributed by atoms with Crippen molar-refractivity contribution < 1.29 is 19.8 Å². The third-order valence-corrected chi connectivity index (χ3v) is 4.54. The number of carbonyl (C=O) groups excluding carboxylic acids is 2. The summed E-state index contributed by atoms with van der Waals surface area (Å²) in [6.07, 6.45) is 3.79.